The predicted octanol–water partition coefficient (Wildman–Crippen LogP) is 3.77. The highest BCUT2D eigenvalue weighted by Gasteiger charge is 2.19. The van der Waals surface area contributed by atoms with Crippen LogP contribution in [0.25, 0.3) is 0 Å². The van der Waals surface area contributed by atoms with Gasteiger partial charge in [0, 0.05) is 30.9 Å². The molecule has 2 amide bonds. The first kappa shape index (κ1) is 19.9. The standard InChI is InChI=1S/C23H29N3O2/c1-17(2)20-7-3-4-8-21(20)24-16-22(27)25-15-18-9-11-19(12-10-18)23(28)26-13-5-6-14-26/h3-4,7-12,17,24H,5-6,13-16H2,1-2H3,(H,25,27). The summed E-state index contributed by atoms with van der Waals surface area (Å²) >= 11 is 0. The second-order valence-electron chi connectivity index (χ2n) is 7.57. The first-order valence-corrected chi connectivity index (χ1v) is 10.0. The number of rotatable bonds is 7. The van der Waals surface area contributed by atoms with E-state index in [1.165, 1.54) is 5.56 Å². The molecule has 28 heavy (non-hydrogen) atoms. The minimum atomic E-state index is -0.0595. The van der Waals surface area contributed by atoms with Crippen molar-refractivity contribution < 1.29 is 9.59 Å². The molecule has 0 spiro atoms. The van der Waals surface area contributed by atoms with Crippen LogP contribution in [-0.2, 0) is 11.3 Å². The van der Waals surface area contributed by atoms with Gasteiger partial charge in [-0.15, -0.1) is 0 Å². The van der Waals surface area contributed by atoms with Gasteiger partial charge in [-0.25, -0.2) is 0 Å². The largest absolute Gasteiger partial charge is 0.376 e. The number of hydrogen-bond acceptors (Lipinski definition) is 3. The molecular weight excluding hydrogens is 350 g/mol. The summed E-state index contributed by atoms with van der Waals surface area (Å²) in [6, 6.07) is 15.6. The predicted molar refractivity (Wildman–Crippen MR) is 112 cm³/mol. The minimum absolute atomic E-state index is 0.0595. The zero-order chi connectivity index (χ0) is 19.9. The Morgan fingerprint density at radius 1 is 1.00 bits per heavy atom. The van der Waals surface area contributed by atoms with Crippen molar-refractivity contribution in [3.8, 4) is 0 Å². The Hall–Kier alpha value is -2.82. The number of nitrogens with zero attached hydrogens (tertiary/aromatic N) is 1. The second-order valence-corrected chi connectivity index (χ2v) is 7.57. The van der Waals surface area contributed by atoms with Crippen molar-refractivity contribution in [1.29, 1.82) is 0 Å². The summed E-state index contributed by atoms with van der Waals surface area (Å²) in [4.78, 5) is 26.5. The SMILES string of the molecule is CC(C)c1ccccc1NCC(=O)NCc1ccc(C(=O)N2CCCC2)cc1. The van der Waals surface area contributed by atoms with Gasteiger partial charge < -0.3 is 15.5 Å². The molecule has 1 aliphatic heterocycles. The van der Waals surface area contributed by atoms with Gasteiger partial charge in [-0.1, -0.05) is 44.2 Å². The lowest BCUT2D eigenvalue weighted by molar-refractivity contribution is -0.119. The molecule has 1 saturated heterocycles. The van der Waals surface area contributed by atoms with Gasteiger partial charge in [0.05, 0.1) is 6.54 Å². The number of amides is 2. The van der Waals surface area contributed by atoms with Crippen molar-refractivity contribution in [2.75, 3.05) is 25.0 Å². The molecule has 0 radical (unpaired) electrons. The van der Waals surface area contributed by atoms with Gasteiger partial charge in [-0.05, 0) is 48.1 Å². The average Bonchev–Trinajstić information content (AvgIpc) is 3.25. The molecule has 0 bridgehead atoms. The molecule has 2 aromatic rings. The second kappa shape index (κ2) is 9.40. The third kappa shape index (κ3) is 5.12. The van der Waals surface area contributed by atoms with Gasteiger partial charge in [0.2, 0.25) is 5.91 Å². The highest BCUT2D eigenvalue weighted by atomic mass is 16.2. The van der Waals surface area contributed by atoms with Crippen LogP contribution in [-0.4, -0.2) is 36.3 Å². The van der Waals surface area contributed by atoms with E-state index in [1.54, 1.807) is 0 Å². The van der Waals surface area contributed by atoms with Gasteiger partial charge >= 0.3 is 0 Å². The molecule has 0 atom stereocenters. The Bertz CT molecular complexity index is 809. The quantitative estimate of drug-likeness (QED) is 0.770. The number of para-hydroxylation sites is 1. The molecule has 148 valence electrons. The number of hydrogen-bond donors (Lipinski definition) is 2. The van der Waals surface area contributed by atoms with E-state index in [1.807, 2.05) is 47.4 Å². The lowest BCUT2D eigenvalue weighted by atomic mass is 10.0. The van der Waals surface area contributed by atoms with Crippen LogP contribution in [0.1, 0.15) is 54.1 Å². The van der Waals surface area contributed by atoms with E-state index in [9.17, 15) is 9.59 Å². The number of anilines is 1. The molecule has 3 rings (SSSR count). The topological polar surface area (TPSA) is 61.4 Å². The zero-order valence-electron chi connectivity index (χ0n) is 16.7. The number of nitrogens with one attached hydrogen (secondary N) is 2. The Morgan fingerprint density at radius 2 is 1.68 bits per heavy atom. The summed E-state index contributed by atoms with van der Waals surface area (Å²) in [6.45, 7) is 6.66. The fraction of sp³-hybridized carbons (Fsp3) is 0.391. The number of benzene rings is 2. The van der Waals surface area contributed by atoms with Crippen LogP contribution in [0.4, 0.5) is 5.69 Å². The molecule has 1 aliphatic rings. The Labute approximate surface area is 167 Å². The van der Waals surface area contributed by atoms with Crippen LogP contribution < -0.4 is 10.6 Å². The average molecular weight is 380 g/mol. The maximum absolute atomic E-state index is 12.4. The van der Waals surface area contributed by atoms with Gasteiger partial charge in [-0.3, -0.25) is 9.59 Å². The van der Waals surface area contributed by atoms with E-state index >= 15 is 0 Å². The number of likely N-dealkylation sites (tertiary alicyclic amines) is 1. The molecule has 0 aromatic heterocycles. The van der Waals surface area contributed by atoms with Crippen LogP contribution in [0.5, 0.6) is 0 Å². The Morgan fingerprint density at radius 3 is 2.36 bits per heavy atom. The lowest BCUT2D eigenvalue weighted by Crippen LogP contribution is -2.30. The van der Waals surface area contributed by atoms with Gasteiger partial charge in [0.1, 0.15) is 0 Å². The third-order valence-corrected chi connectivity index (χ3v) is 5.11. The van der Waals surface area contributed by atoms with E-state index in [4.69, 9.17) is 0 Å². The first-order chi connectivity index (χ1) is 13.5. The van der Waals surface area contributed by atoms with E-state index in [-0.39, 0.29) is 18.4 Å². The molecule has 5 heteroatoms. The molecule has 2 aromatic carbocycles. The summed E-state index contributed by atoms with van der Waals surface area (Å²) < 4.78 is 0. The molecular formula is C23H29N3O2. The molecule has 0 saturated carbocycles. The van der Waals surface area contributed by atoms with E-state index in [0.29, 0.717) is 18.0 Å². The van der Waals surface area contributed by atoms with Crippen LogP contribution in [0.2, 0.25) is 0 Å². The number of carbonyl (C=O) groups excluding carboxylic acids is 2. The molecule has 0 aliphatic carbocycles. The Balaban J connectivity index is 1.47. The van der Waals surface area contributed by atoms with Gasteiger partial charge in [-0.2, -0.15) is 0 Å². The molecule has 5 nitrogen and oxygen atoms in total. The van der Waals surface area contributed by atoms with Crippen molar-refractivity contribution >= 4 is 17.5 Å². The van der Waals surface area contributed by atoms with Crippen molar-refractivity contribution in [1.82, 2.24) is 10.2 Å². The summed E-state index contributed by atoms with van der Waals surface area (Å²) in [5.41, 5.74) is 3.89. The smallest absolute Gasteiger partial charge is 0.253 e. The third-order valence-electron chi connectivity index (χ3n) is 5.11. The highest BCUT2D eigenvalue weighted by molar-refractivity contribution is 5.94. The van der Waals surface area contributed by atoms with Gasteiger partial charge in [0.25, 0.3) is 5.91 Å². The normalized spacial score (nSPS) is 13.6. The summed E-state index contributed by atoms with van der Waals surface area (Å²) in [6.07, 6.45) is 2.18. The van der Waals surface area contributed by atoms with Crippen molar-refractivity contribution in [2.45, 2.75) is 39.2 Å². The first-order valence-electron chi connectivity index (χ1n) is 10.0. The molecule has 1 heterocycles. The van der Waals surface area contributed by atoms with Crippen LogP contribution in [0, 0.1) is 0 Å². The van der Waals surface area contributed by atoms with Crippen LogP contribution in [0.3, 0.4) is 0 Å². The minimum Gasteiger partial charge on any atom is -0.376 e. The fourth-order valence-corrected chi connectivity index (χ4v) is 3.47. The van der Waals surface area contributed by atoms with Crippen LogP contribution in [0.15, 0.2) is 48.5 Å². The van der Waals surface area contributed by atoms with E-state index in [0.717, 1.165) is 37.2 Å². The van der Waals surface area contributed by atoms with Crippen LogP contribution >= 0.6 is 0 Å². The molecule has 0 unspecified atom stereocenters. The summed E-state index contributed by atoms with van der Waals surface area (Å²) in [7, 11) is 0. The zero-order valence-corrected chi connectivity index (χ0v) is 16.7. The maximum atomic E-state index is 12.4. The Kier molecular flexibility index (Phi) is 6.69. The highest BCUT2D eigenvalue weighted by Crippen LogP contribution is 2.23. The summed E-state index contributed by atoms with van der Waals surface area (Å²) in [5.74, 6) is 0.436. The van der Waals surface area contributed by atoms with Gasteiger partial charge in [0.15, 0.2) is 0 Å². The van der Waals surface area contributed by atoms with Crippen molar-refractivity contribution in [3.05, 3.63) is 65.2 Å². The van der Waals surface area contributed by atoms with Crippen molar-refractivity contribution in [2.24, 2.45) is 0 Å². The number of carbonyl (C=O) groups is 2. The van der Waals surface area contributed by atoms with E-state index < -0.39 is 0 Å². The lowest BCUT2D eigenvalue weighted by Gasteiger charge is -2.15. The molecule has 1 fully saturated rings. The summed E-state index contributed by atoms with van der Waals surface area (Å²) in [5, 5.41) is 6.15. The maximum Gasteiger partial charge on any atom is 0.253 e. The van der Waals surface area contributed by atoms with Crippen molar-refractivity contribution in [3.63, 3.8) is 0 Å². The monoisotopic (exact) mass is 379 g/mol. The van der Waals surface area contributed by atoms with E-state index in [2.05, 4.69) is 30.5 Å². The fourth-order valence-electron chi connectivity index (χ4n) is 3.47. The molecule has 2 N–H and O–H groups in total.